The zero-order valence-electron chi connectivity index (χ0n) is 23.9. The Morgan fingerprint density at radius 2 is 0.762 bits per heavy atom. The lowest BCUT2D eigenvalue weighted by molar-refractivity contribution is -0.671. The van der Waals surface area contributed by atoms with Gasteiger partial charge in [0.2, 0.25) is 11.8 Å². The van der Waals surface area contributed by atoms with Crippen LogP contribution in [0.2, 0.25) is 0 Å². The lowest BCUT2D eigenvalue weighted by Gasteiger charge is -2.09. The number of unbranched alkanes of at least 4 members (excludes halogenated alkanes) is 3. The van der Waals surface area contributed by atoms with Crippen LogP contribution >= 0.6 is 0 Å². The number of anilines is 6. The third-order valence-electron chi connectivity index (χ3n) is 6.43. The molecular formula is C32H38Br2N6O2. The molecule has 4 aromatic rings. The monoisotopic (exact) mass is 696 g/mol. The molecule has 0 aliphatic heterocycles. The Balaban J connectivity index is 0.00000308. The van der Waals surface area contributed by atoms with Crippen LogP contribution < -0.4 is 64.4 Å². The van der Waals surface area contributed by atoms with Gasteiger partial charge in [-0.05, 0) is 61.4 Å². The Hall–Kier alpha value is -3.76. The van der Waals surface area contributed by atoms with Gasteiger partial charge in [-0.25, -0.2) is 9.13 Å². The highest BCUT2D eigenvalue weighted by atomic mass is 79.9. The Bertz CT molecular complexity index is 1270. The topological polar surface area (TPSA) is 90.0 Å². The fraction of sp³-hybridized carbons (Fsp3) is 0.250. The molecule has 0 aliphatic rings. The predicted molar refractivity (Wildman–Crippen MR) is 160 cm³/mol. The molecule has 10 heteroatoms. The summed E-state index contributed by atoms with van der Waals surface area (Å²) >= 11 is 0. The van der Waals surface area contributed by atoms with Crippen molar-refractivity contribution in [3.63, 3.8) is 0 Å². The summed E-state index contributed by atoms with van der Waals surface area (Å²) in [5.74, 6) is 0.0152. The highest BCUT2D eigenvalue weighted by Crippen LogP contribution is 2.20. The molecule has 8 nitrogen and oxygen atoms in total. The molecule has 0 bridgehead atoms. The first-order valence-electron chi connectivity index (χ1n) is 13.7. The van der Waals surface area contributed by atoms with E-state index in [-0.39, 0.29) is 45.8 Å². The highest BCUT2D eigenvalue weighted by Gasteiger charge is 2.06. The van der Waals surface area contributed by atoms with Gasteiger partial charge in [0.1, 0.15) is 14.1 Å². The van der Waals surface area contributed by atoms with E-state index < -0.39 is 0 Å². The summed E-state index contributed by atoms with van der Waals surface area (Å²) in [4.78, 5) is 24.6. The van der Waals surface area contributed by atoms with Crippen molar-refractivity contribution in [1.29, 1.82) is 0 Å². The first-order chi connectivity index (χ1) is 19.4. The number of halogens is 2. The second-order valence-corrected chi connectivity index (χ2v) is 9.92. The van der Waals surface area contributed by atoms with Crippen LogP contribution in [0.4, 0.5) is 34.1 Å². The quantitative estimate of drug-likeness (QED) is 0.115. The summed E-state index contributed by atoms with van der Waals surface area (Å²) in [6.07, 6.45) is 12.3. The van der Waals surface area contributed by atoms with Gasteiger partial charge in [-0.15, -0.1) is 0 Å². The maximum absolute atomic E-state index is 12.3. The van der Waals surface area contributed by atoms with Crippen LogP contribution in [0.15, 0.2) is 97.6 Å². The van der Waals surface area contributed by atoms with Crippen LogP contribution in [-0.2, 0) is 23.7 Å². The van der Waals surface area contributed by atoms with E-state index in [2.05, 4.69) is 21.3 Å². The maximum Gasteiger partial charge on any atom is 0.224 e. The average Bonchev–Trinajstić information content (AvgIpc) is 2.95. The molecule has 42 heavy (non-hydrogen) atoms. The van der Waals surface area contributed by atoms with E-state index >= 15 is 0 Å². The second-order valence-electron chi connectivity index (χ2n) is 9.92. The first-order valence-corrected chi connectivity index (χ1v) is 13.7. The van der Waals surface area contributed by atoms with E-state index in [1.807, 2.05) is 121 Å². The van der Waals surface area contributed by atoms with Crippen molar-refractivity contribution in [1.82, 2.24) is 0 Å². The number of pyridine rings is 2. The molecule has 0 radical (unpaired) electrons. The molecule has 0 aliphatic carbocycles. The van der Waals surface area contributed by atoms with E-state index in [0.29, 0.717) is 12.8 Å². The van der Waals surface area contributed by atoms with Gasteiger partial charge in [0.25, 0.3) is 0 Å². The number of hydrogen-bond acceptors (Lipinski definition) is 4. The molecule has 2 heterocycles. The minimum atomic E-state index is 0. The van der Waals surface area contributed by atoms with Crippen molar-refractivity contribution in [2.24, 2.45) is 14.1 Å². The van der Waals surface area contributed by atoms with Gasteiger partial charge >= 0.3 is 0 Å². The summed E-state index contributed by atoms with van der Waals surface area (Å²) in [6.45, 7) is 0. The van der Waals surface area contributed by atoms with E-state index in [4.69, 9.17) is 0 Å². The lowest BCUT2D eigenvalue weighted by Crippen LogP contribution is -3.00. The molecule has 2 aromatic heterocycles. The summed E-state index contributed by atoms with van der Waals surface area (Å²) in [7, 11) is 3.96. The average molecular weight is 699 g/mol. The number of aryl methyl sites for hydroxylation is 2. The van der Waals surface area contributed by atoms with E-state index in [9.17, 15) is 9.59 Å². The molecule has 4 rings (SSSR count). The molecular weight excluding hydrogens is 660 g/mol. The molecule has 0 saturated heterocycles. The van der Waals surface area contributed by atoms with Crippen LogP contribution in [-0.4, -0.2) is 11.8 Å². The van der Waals surface area contributed by atoms with Crippen molar-refractivity contribution >= 4 is 45.9 Å². The van der Waals surface area contributed by atoms with Crippen molar-refractivity contribution in [3.8, 4) is 0 Å². The molecule has 4 N–H and O–H groups in total. The lowest BCUT2D eigenvalue weighted by atomic mass is 10.1. The summed E-state index contributed by atoms with van der Waals surface area (Å²) in [5, 5.41) is 12.6. The van der Waals surface area contributed by atoms with Crippen molar-refractivity contribution < 1.29 is 52.7 Å². The van der Waals surface area contributed by atoms with E-state index in [1.54, 1.807) is 0 Å². The zero-order valence-corrected chi connectivity index (χ0v) is 27.1. The standard InChI is InChI=1S/C32H36N6O2.2BrH/c1-37-21-17-29(18-22-37)33-25-9-13-27(14-10-25)35-31(39)7-5-3-4-6-8-32(40)36-28-15-11-26(12-16-28)34-30-19-23-38(2)24-20-30;;/h9-24H,3-8H2,1-2H3,(H2,35,36,39,40);2*1H. The highest BCUT2D eigenvalue weighted by molar-refractivity contribution is 5.91. The number of rotatable bonds is 13. The second kappa shape index (κ2) is 17.9. The van der Waals surface area contributed by atoms with Crippen molar-refractivity contribution in [2.45, 2.75) is 38.5 Å². The Labute approximate surface area is 269 Å². The van der Waals surface area contributed by atoms with Gasteiger partial charge in [-0.1, -0.05) is 12.8 Å². The molecule has 2 aromatic carbocycles. The minimum absolute atomic E-state index is 0. The predicted octanol–water partition coefficient (Wildman–Crippen LogP) is -0.251. The van der Waals surface area contributed by atoms with Crippen molar-refractivity contribution in [3.05, 3.63) is 97.6 Å². The van der Waals surface area contributed by atoms with Gasteiger partial charge in [-0.2, -0.15) is 0 Å². The summed E-state index contributed by atoms with van der Waals surface area (Å²) in [5.41, 5.74) is 5.50. The normalized spacial score (nSPS) is 10.0. The van der Waals surface area contributed by atoms with Gasteiger partial charge in [0.05, 0.1) is 11.4 Å². The summed E-state index contributed by atoms with van der Waals surface area (Å²) in [6, 6.07) is 23.4. The van der Waals surface area contributed by atoms with Crippen LogP contribution in [0.5, 0.6) is 0 Å². The Morgan fingerprint density at radius 3 is 1.10 bits per heavy atom. The number of carbonyl (C=O) groups is 2. The molecule has 0 fully saturated rings. The van der Waals surface area contributed by atoms with Crippen LogP contribution in [0.1, 0.15) is 38.5 Å². The third-order valence-corrected chi connectivity index (χ3v) is 6.43. The third kappa shape index (κ3) is 12.0. The van der Waals surface area contributed by atoms with Gasteiger partial charge in [0, 0.05) is 59.9 Å². The molecule has 0 saturated carbocycles. The molecule has 0 atom stereocenters. The first kappa shape index (κ1) is 34.4. The van der Waals surface area contributed by atoms with E-state index in [0.717, 1.165) is 59.8 Å². The minimum Gasteiger partial charge on any atom is -1.00 e. The molecule has 222 valence electrons. The van der Waals surface area contributed by atoms with E-state index in [1.165, 1.54) is 0 Å². The number of carbonyl (C=O) groups excluding carboxylic acids is 2. The fourth-order valence-electron chi connectivity index (χ4n) is 4.15. The molecule has 0 spiro atoms. The number of amides is 2. The van der Waals surface area contributed by atoms with Crippen LogP contribution in [0.25, 0.3) is 0 Å². The number of benzene rings is 2. The van der Waals surface area contributed by atoms with Gasteiger partial charge in [-0.3, -0.25) is 9.59 Å². The van der Waals surface area contributed by atoms with Crippen LogP contribution in [0.3, 0.4) is 0 Å². The SMILES string of the molecule is C[n+]1ccc(Nc2ccc(NC(=O)CCCCCCC(=O)Nc3ccc(Nc4cc[n+](C)cc4)cc3)cc2)cc1.[Br-].[Br-]. The fourth-order valence-corrected chi connectivity index (χ4v) is 4.15. The molecule has 0 unspecified atom stereocenters. The Morgan fingerprint density at radius 1 is 0.476 bits per heavy atom. The number of nitrogens with one attached hydrogen (secondary N) is 4. The maximum atomic E-state index is 12.3. The number of nitrogens with zero attached hydrogens (tertiary/aromatic N) is 2. The van der Waals surface area contributed by atoms with Gasteiger partial charge in [0.15, 0.2) is 24.8 Å². The molecule has 2 amide bonds. The van der Waals surface area contributed by atoms with Crippen molar-refractivity contribution in [2.75, 3.05) is 21.3 Å². The zero-order chi connectivity index (χ0) is 28.2. The number of aromatic nitrogens is 2. The smallest absolute Gasteiger partial charge is 0.224 e. The van der Waals surface area contributed by atoms with Gasteiger partial charge < -0.3 is 55.2 Å². The summed E-state index contributed by atoms with van der Waals surface area (Å²) < 4.78 is 3.96. The number of hydrogen-bond donors (Lipinski definition) is 4. The largest absolute Gasteiger partial charge is 1.00 e. The Kier molecular flexibility index (Phi) is 14.7. The van der Waals surface area contributed by atoms with Crippen LogP contribution in [0, 0.1) is 0 Å².